The van der Waals surface area contributed by atoms with E-state index in [1.807, 2.05) is 36.1 Å². The summed E-state index contributed by atoms with van der Waals surface area (Å²) in [5, 5.41) is 0. The molecule has 0 unspecified atom stereocenters. The number of nitrogens with two attached hydrogens (primary N) is 1. The molecule has 0 bridgehead atoms. The van der Waals surface area contributed by atoms with Gasteiger partial charge in [0.05, 0.1) is 0 Å². The SMILES string of the molecule is CCN(Cc1ccc(CN(C)C)cc1)C(=O)c1ccc(CN)cc1.Cl. The highest BCUT2D eigenvalue weighted by molar-refractivity contribution is 5.94. The number of rotatable bonds is 7. The molecule has 136 valence electrons. The molecule has 0 radical (unpaired) electrons. The Labute approximate surface area is 157 Å². The predicted octanol–water partition coefficient (Wildman–Crippen LogP) is 3.29. The van der Waals surface area contributed by atoms with Gasteiger partial charge >= 0.3 is 0 Å². The van der Waals surface area contributed by atoms with Gasteiger partial charge in [-0.15, -0.1) is 12.4 Å². The summed E-state index contributed by atoms with van der Waals surface area (Å²) < 4.78 is 0. The van der Waals surface area contributed by atoms with Crippen molar-refractivity contribution in [2.45, 2.75) is 26.6 Å². The van der Waals surface area contributed by atoms with Crippen molar-refractivity contribution in [1.29, 1.82) is 0 Å². The zero-order valence-electron chi connectivity index (χ0n) is 15.2. The minimum Gasteiger partial charge on any atom is -0.335 e. The lowest BCUT2D eigenvalue weighted by molar-refractivity contribution is 0.0752. The molecule has 0 atom stereocenters. The Hall–Kier alpha value is -1.88. The molecule has 0 heterocycles. The molecule has 0 saturated heterocycles. The van der Waals surface area contributed by atoms with E-state index in [0.717, 1.165) is 17.7 Å². The molecule has 25 heavy (non-hydrogen) atoms. The molecule has 2 aromatic rings. The van der Waals surface area contributed by atoms with Crippen LogP contribution in [0, 0.1) is 0 Å². The Morgan fingerprint density at radius 1 is 0.880 bits per heavy atom. The van der Waals surface area contributed by atoms with Crippen LogP contribution in [-0.2, 0) is 19.6 Å². The number of halogens is 1. The second kappa shape index (κ2) is 10.2. The van der Waals surface area contributed by atoms with Crippen molar-refractivity contribution in [2.24, 2.45) is 5.73 Å². The quantitative estimate of drug-likeness (QED) is 0.823. The Balaban J connectivity index is 0.00000312. The van der Waals surface area contributed by atoms with E-state index in [-0.39, 0.29) is 18.3 Å². The van der Waals surface area contributed by atoms with Crippen LogP contribution in [0.5, 0.6) is 0 Å². The van der Waals surface area contributed by atoms with Gasteiger partial charge in [-0.2, -0.15) is 0 Å². The average Bonchev–Trinajstić information content (AvgIpc) is 2.60. The van der Waals surface area contributed by atoms with Gasteiger partial charge in [0, 0.05) is 31.7 Å². The van der Waals surface area contributed by atoms with Crippen LogP contribution in [0.4, 0.5) is 0 Å². The molecular formula is C20H28ClN3O. The van der Waals surface area contributed by atoms with Crippen molar-refractivity contribution in [1.82, 2.24) is 9.80 Å². The Morgan fingerprint density at radius 2 is 1.36 bits per heavy atom. The molecule has 0 fully saturated rings. The van der Waals surface area contributed by atoms with Crippen LogP contribution in [0.2, 0.25) is 0 Å². The van der Waals surface area contributed by atoms with Crippen LogP contribution in [-0.4, -0.2) is 36.3 Å². The number of hydrogen-bond donors (Lipinski definition) is 1. The lowest BCUT2D eigenvalue weighted by atomic mass is 10.1. The molecule has 5 heteroatoms. The van der Waals surface area contributed by atoms with Gasteiger partial charge in [0.1, 0.15) is 0 Å². The Bertz CT molecular complexity index is 654. The molecule has 4 nitrogen and oxygen atoms in total. The van der Waals surface area contributed by atoms with Crippen LogP contribution in [0.15, 0.2) is 48.5 Å². The summed E-state index contributed by atoms with van der Waals surface area (Å²) in [4.78, 5) is 16.7. The van der Waals surface area contributed by atoms with E-state index in [1.165, 1.54) is 5.56 Å². The van der Waals surface area contributed by atoms with Gasteiger partial charge in [-0.05, 0) is 49.8 Å². The molecule has 0 aliphatic carbocycles. The van der Waals surface area contributed by atoms with Gasteiger partial charge < -0.3 is 15.5 Å². The lowest BCUT2D eigenvalue weighted by Crippen LogP contribution is -2.30. The summed E-state index contributed by atoms with van der Waals surface area (Å²) in [6.45, 7) is 4.72. The summed E-state index contributed by atoms with van der Waals surface area (Å²) in [5.41, 5.74) is 9.77. The fourth-order valence-corrected chi connectivity index (χ4v) is 2.63. The Morgan fingerprint density at radius 3 is 1.80 bits per heavy atom. The Kier molecular flexibility index (Phi) is 8.62. The number of hydrogen-bond acceptors (Lipinski definition) is 3. The van der Waals surface area contributed by atoms with Crippen LogP contribution < -0.4 is 5.73 Å². The summed E-state index contributed by atoms with van der Waals surface area (Å²) in [6, 6.07) is 16.0. The van der Waals surface area contributed by atoms with E-state index in [0.29, 0.717) is 25.2 Å². The first-order valence-electron chi connectivity index (χ1n) is 8.34. The average molecular weight is 362 g/mol. The number of benzene rings is 2. The fraction of sp³-hybridized carbons (Fsp3) is 0.350. The van der Waals surface area contributed by atoms with Gasteiger partial charge in [-0.1, -0.05) is 36.4 Å². The van der Waals surface area contributed by atoms with E-state index in [1.54, 1.807) is 0 Å². The zero-order valence-corrected chi connectivity index (χ0v) is 16.1. The molecule has 0 aliphatic rings. The largest absolute Gasteiger partial charge is 0.335 e. The monoisotopic (exact) mass is 361 g/mol. The van der Waals surface area contributed by atoms with E-state index < -0.39 is 0 Å². The van der Waals surface area contributed by atoms with Crippen LogP contribution in [0.25, 0.3) is 0 Å². The van der Waals surface area contributed by atoms with E-state index in [9.17, 15) is 4.79 Å². The zero-order chi connectivity index (χ0) is 17.5. The molecule has 0 saturated carbocycles. The second-order valence-corrected chi connectivity index (χ2v) is 6.27. The van der Waals surface area contributed by atoms with Gasteiger partial charge in [-0.25, -0.2) is 0 Å². The van der Waals surface area contributed by atoms with Crippen LogP contribution in [0.3, 0.4) is 0 Å². The molecule has 0 spiro atoms. The minimum absolute atomic E-state index is 0. The van der Waals surface area contributed by atoms with Gasteiger partial charge in [0.15, 0.2) is 0 Å². The van der Waals surface area contributed by atoms with Crippen molar-refractivity contribution in [3.8, 4) is 0 Å². The number of nitrogens with zero attached hydrogens (tertiary/aromatic N) is 2. The first kappa shape index (κ1) is 21.2. The van der Waals surface area contributed by atoms with Crippen molar-refractivity contribution in [3.05, 3.63) is 70.8 Å². The smallest absolute Gasteiger partial charge is 0.254 e. The van der Waals surface area contributed by atoms with Crippen molar-refractivity contribution < 1.29 is 4.79 Å². The second-order valence-electron chi connectivity index (χ2n) is 6.27. The molecule has 0 aromatic heterocycles. The third-order valence-electron chi connectivity index (χ3n) is 4.00. The number of amides is 1. The summed E-state index contributed by atoms with van der Waals surface area (Å²) in [6.07, 6.45) is 0. The first-order valence-corrected chi connectivity index (χ1v) is 8.34. The highest BCUT2D eigenvalue weighted by atomic mass is 35.5. The van der Waals surface area contributed by atoms with Gasteiger partial charge in [-0.3, -0.25) is 4.79 Å². The highest BCUT2D eigenvalue weighted by Crippen LogP contribution is 2.13. The van der Waals surface area contributed by atoms with Crippen LogP contribution >= 0.6 is 12.4 Å². The normalized spacial score (nSPS) is 10.4. The maximum atomic E-state index is 12.7. The molecule has 2 aromatic carbocycles. The third kappa shape index (κ3) is 6.16. The summed E-state index contributed by atoms with van der Waals surface area (Å²) in [7, 11) is 4.11. The summed E-state index contributed by atoms with van der Waals surface area (Å²) >= 11 is 0. The molecule has 2 N–H and O–H groups in total. The standard InChI is InChI=1S/C20H27N3O.ClH/c1-4-23(20(24)19-11-9-16(13-21)10-12-19)15-18-7-5-17(6-8-18)14-22(2)3;/h5-12H,4,13-15,21H2,1-3H3;1H. The first-order chi connectivity index (χ1) is 11.5. The minimum atomic E-state index is 0. The predicted molar refractivity (Wildman–Crippen MR) is 106 cm³/mol. The van der Waals surface area contributed by atoms with Crippen LogP contribution in [0.1, 0.15) is 34.0 Å². The van der Waals surface area contributed by atoms with E-state index >= 15 is 0 Å². The van der Waals surface area contributed by atoms with Crippen molar-refractivity contribution >= 4 is 18.3 Å². The van der Waals surface area contributed by atoms with Crippen molar-refractivity contribution in [2.75, 3.05) is 20.6 Å². The topological polar surface area (TPSA) is 49.6 Å². The lowest BCUT2D eigenvalue weighted by Gasteiger charge is -2.21. The third-order valence-corrected chi connectivity index (χ3v) is 4.00. The highest BCUT2D eigenvalue weighted by Gasteiger charge is 2.14. The van der Waals surface area contributed by atoms with Crippen molar-refractivity contribution in [3.63, 3.8) is 0 Å². The maximum absolute atomic E-state index is 12.7. The molecule has 1 amide bonds. The summed E-state index contributed by atoms with van der Waals surface area (Å²) in [5.74, 6) is 0.0541. The molecule has 2 rings (SSSR count). The maximum Gasteiger partial charge on any atom is 0.254 e. The molecular weight excluding hydrogens is 334 g/mol. The number of carbonyl (C=O) groups excluding carboxylic acids is 1. The van der Waals surface area contributed by atoms with Gasteiger partial charge in [0.2, 0.25) is 0 Å². The van der Waals surface area contributed by atoms with E-state index in [4.69, 9.17) is 5.73 Å². The number of carbonyl (C=O) groups is 1. The van der Waals surface area contributed by atoms with Gasteiger partial charge in [0.25, 0.3) is 5.91 Å². The fourth-order valence-electron chi connectivity index (χ4n) is 2.63. The molecule has 0 aliphatic heterocycles. The van der Waals surface area contributed by atoms with E-state index in [2.05, 4.69) is 43.3 Å².